The van der Waals surface area contributed by atoms with E-state index in [1.54, 1.807) is 0 Å². The number of nitrogens with two attached hydrogens (primary N) is 1. The first-order chi connectivity index (χ1) is 9.06. The molecule has 0 radical (unpaired) electrons. The van der Waals surface area contributed by atoms with Crippen LogP contribution in [0.4, 0.5) is 4.39 Å². The van der Waals surface area contributed by atoms with Crippen LogP contribution in [0.2, 0.25) is 0 Å². The van der Waals surface area contributed by atoms with E-state index in [1.807, 2.05) is 0 Å². The van der Waals surface area contributed by atoms with Crippen LogP contribution < -0.4 is 10.5 Å². The van der Waals surface area contributed by atoms with Gasteiger partial charge < -0.3 is 10.5 Å². The number of carbonyl (C=O) groups excluding carboxylic acids is 2. The number of hydrogen-bond donors (Lipinski definition) is 1. The fraction of sp³-hybridized carbons (Fsp3) is 0. The summed E-state index contributed by atoms with van der Waals surface area (Å²) in [4.78, 5) is 22.0. The van der Waals surface area contributed by atoms with Crippen molar-refractivity contribution in [1.29, 1.82) is 0 Å². The average molecular weight is 259 g/mol. The van der Waals surface area contributed by atoms with Gasteiger partial charge in [0.1, 0.15) is 17.3 Å². The molecule has 0 fully saturated rings. The van der Waals surface area contributed by atoms with Crippen LogP contribution in [-0.2, 0) is 4.79 Å². The lowest BCUT2D eigenvalue weighted by atomic mass is 10.1. The third-order valence-electron chi connectivity index (χ3n) is 2.39. The van der Waals surface area contributed by atoms with Crippen LogP contribution in [0.3, 0.4) is 0 Å². The highest BCUT2D eigenvalue weighted by molar-refractivity contribution is 6.42. The maximum absolute atomic E-state index is 12.7. The largest absolute Gasteiger partial charge is 0.457 e. The zero-order chi connectivity index (χ0) is 13.8. The van der Waals surface area contributed by atoms with Gasteiger partial charge >= 0.3 is 0 Å². The van der Waals surface area contributed by atoms with Gasteiger partial charge in [0.15, 0.2) is 0 Å². The van der Waals surface area contributed by atoms with Gasteiger partial charge in [-0.05, 0) is 48.5 Å². The van der Waals surface area contributed by atoms with Gasteiger partial charge in [0, 0.05) is 5.56 Å². The summed E-state index contributed by atoms with van der Waals surface area (Å²) in [6.07, 6.45) is 0. The van der Waals surface area contributed by atoms with Crippen LogP contribution in [-0.4, -0.2) is 11.7 Å². The molecule has 0 aliphatic carbocycles. The second-order valence-electron chi connectivity index (χ2n) is 3.77. The molecular formula is C14H10FNO3. The van der Waals surface area contributed by atoms with Crippen LogP contribution in [0.25, 0.3) is 0 Å². The number of ketones is 1. The normalized spacial score (nSPS) is 9.95. The summed E-state index contributed by atoms with van der Waals surface area (Å²) in [6, 6.07) is 11.5. The molecule has 0 atom stereocenters. The highest BCUT2D eigenvalue weighted by Crippen LogP contribution is 2.21. The Labute approximate surface area is 108 Å². The standard InChI is InChI=1S/C14H10FNO3/c15-10-3-7-12(8-4-10)19-11-5-1-9(2-6-11)13(17)14(16)18/h1-8H,(H2,16,18). The summed E-state index contributed by atoms with van der Waals surface area (Å²) < 4.78 is 18.1. The van der Waals surface area contributed by atoms with Gasteiger partial charge in [-0.15, -0.1) is 0 Å². The first kappa shape index (κ1) is 12.8. The Balaban J connectivity index is 2.13. The number of carbonyl (C=O) groups is 2. The van der Waals surface area contributed by atoms with Crippen molar-refractivity contribution in [2.24, 2.45) is 5.73 Å². The van der Waals surface area contributed by atoms with Crippen molar-refractivity contribution in [2.75, 3.05) is 0 Å². The van der Waals surface area contributed by atoms with Gasteiger partial charge in [0.25, 0.3) is 5.91 Å². The maximum Gasteiger partial charge on any atom is 0.289 e. The zero-order valence-corrected chi connectivity index (χ0v) is 9.80. The third-order valence-corrected chi connectivity index (χ3v) is 2.39. The fourth-order valence-corrected chi connectivity index (χ4v) is 1.46. The lowest BCUT2D eigenvalue weighted by molar-refractivity contribution is -0.114. The molecule has 5 heteroatoms. The van der Waals surface area contributed by atoms with Crippen molar-refractivity contribution in [3.63, 3.8) is 0 Å². The molecule has 2 rings (SSSR count). The Morgan fingerprint density at radius 1 is 0.895 bits per heavy atom. The van der Waals surface area contributed by atoms with Crippen molar-refractivity contribution >= 4 is 11.7 Å². The van der Waals surface area contributed by atoms with Crippen molar-refractivity contribution < 1.29 is 18.7 Å². The number of halogens is 1. The second kappa shape index (κ2) is 5.30. The average Bonchev–Trinajstić information content (AvgIpc) is 2.41. The lowest BCUT2D eigenvalue weighted by Crippen LogP contribution is -2.22. The topological polar surface area (TPSA) is 69.4 Å². The number of amides is 1. The SMILES string of the molecule is NC(=O)C(=O)c1ccc(Oc2ccc(F)cc2)cc1. The van der Waals surface area contributed by atoms with E-state index in [2.05, 4.69) is 0 Å². The Bertz CT molecular complexity index is 606. The molecule has 0 spiro atoms. The molecular weight excluding hydrogens is 249 g/mol. The van der Waals surface area contributed by atoms with E-state index in [0.717, 1.165) is 0 Å². The molecule has 0 aliphatic heterocycles. The Morgan fingerprint density at radius 3 is 1.84 bits per heavy atom. The van der Waals surface area contributed by atoms with Crippen molar-refractivity contribution in [3.8, 4) is 11.5 Å². The monoisotopic (exact) mass is 259 g/mol. The van der Waals surface area contributed by atoms with E-state index < -0.39 is 11.7 Å². The number of Topliss-reactive ketones (excluding diaryl/α,β-unsaturated/α-hetero) is 1. The minimum Gasteiger partial charge on any atom is -0.457 e. The summed E-state index contributed by atoms with van der Waals surface area (Å²) in [6.45, 7) is 0. The fourth-order valence-electron chi connectivity index (χ4n) is 1.46. The van der Waals surface area contributed by atoms with E-state index >= 15 is 0 Å². The molecule has 2 aromatic carbocycles. The van der Waals surface area contributed by atoms with E-state index in [4.69, 9.17) is 10.5 Å². The summed E-state index contributed by atoms with van der Waals surface area (Å²) >= 11 is 0. The molecule has 96 valence electrons. The predicted molar refractivity (Wildman–Crippen MR) is 66.4 cm³/mol. The molecule has 0 heterocycles. The molecule has 0 saturated carbocycles. The molecule has 1 amide bonds. The highest BCUT2D eigenvalue weighted by Gasteiger charge is 2.11. The van der Waals surface area contributed by atoms with E-state index in [9.17, 15) is 14.0 Å². The Hall–Kier alpha value is -2.69. The molecule has 19 heavy (non-hydrogen) atoms. The first-order valence-corrected chi connectivity index (χ1v) is 5.44. The van der Waals surface area contributed by atoms with Crippen molar-refractivity contribution in [1.82, 2.24) is 0 Å². The lowest BCUT2D eigenvalue weighted by Gasteiger charge is -2.05. The molecule has 0 saturated heterocycles. The highest BCUT2D eigenvalue weighted by atomic mass is 19.1. The van der Waals surface area contributed by atoms with Gasteiger partial charge in [-0.1, -0.05) is 0 Å². The van der Waals surface area contributed by atoms with Crippen molar-refractivity contribution in [2.45, 2.75) is 0 Å². The number of benzene rings is 2. The minimum atomic E-state index is -1.01. The van der Waals surface area contributed by atoms with Gasteiger partial charge in [0.2, 0.25) is 5.78 Å². The van der Waals surface area contributed by atoms with Crippen LogP contribution >= 0.6 is 0 Å². The number of primary amides is 1. The van der Waals surface area contributed by atoms with Gasteiger partial charge in [-0.3, -0.25) is 9.59 Å². The minimum absolute atomic E-state index is 0.193. The van der Waals surface area contributed by atoms with Gasteiger partial charge in [0.05, 0.1) is 0 Å². The van der Waals surface area contributed by atoms with Gasteiger partial charge in [-0.2, -0.15) is 0 Å². The van der Waals surface area contributed by atoms with Crippen LogP contribution in [0.15, 0.2) is 48.5 Å². The van der Waals surface area contributed by atoms with E-state index in [0.29, 0.717) is 11.5 Å². The molecule has 4 nitrogen and oxygen atoms in total. The summed E-state index contributed by atoms with van der Waals surface area (Å²) in [5.41, 5.74) is 5.08. The molecule has 2 N–H and O–H groups in total. The number of rotatable bonds is 4. The first-order valence-electron chi connectivity index (χ1n) is 5.44. The smallest absolute Gasteiger partial charge is 0.289 e. The van der Waals surface area contributed by atoms with E-state index in [1.165, 1.54) is 48.5 Å². The number of ether oxygens (including phenoxy) is 1. The van der Waals surface area contributed by atoms with Crippen LogP contribution in [0, 0.1) is 5.82 Å². The van der Waals surface area contributed by atoms with Crippen LogP contribution in [0.1, 0.15) is 10.4 Å². The molecule has 0 bridgehead atoms. The predicted octanol–water partition coefficient (Wildman–Crippen LogP) is 2.29. The van der Waals surface area contributed by atoms with E-state index in [-0.39, 0.29) is 11.4 Å². The summed E-state index contributed by atoms with van der Waals surface area (Å²) in [5, 5.41) is 0. The van der Waals surface area contributed by atoms with Crippen molar-refractivity contribution in [3.05, 3.63) is 59.9 Å². The molecule has 2 aromatic rings. The molecule has 0 aromatic heterocycles. The Morgan fingerprint density at radius 2 is 1.37 bits per heavy atom. The number of hydrogen-bond acceptors (Lipinski definition) is 3. The zero-order valence-electron chi connectivity index (χ0n) is 9.80. The van der Waals surface area contributed by atoms with Gasteiger partial charge in [-0.25, -0.2) is 4.39 Å². The quantitative estimate of drug-likeness (QED) is 0.676. The van der Waals surface area contributed by atoms with Crippen LogP contribution in [0.5, 0.6) is 11.5 Å². The Kier molecular flexibility index (Phi) is 3.56. The summed E-state index contributed by atoms with van der Waals surface area (Å²) in [7, 11) is 0. The maximum atomic E-state index is 12.7. The third kappa shape index (κ3) is 3.16. The molecule has 0 unspecified atom stereocenters. The molecule has 0 aliphatic rings. The second-order valence-corrected chi connectivity index (χ2v) is 3.77. The summed E-state index contributed by atoms with van der Waals surface area (Å²) in [5.74, 6) is -1.18.